The average Bonchev–Trinajstić information content (AvgIpc) is 2.25. The lowest BCUT2D eigenvalue weighted by Crippen LogP contribution is -1.92. The molecule has 0 aliphatic rings. The summed E-state index contributed by atoms with van der Waals surface area (Å²) in [4.78, 5) is 8.34. The molecule has 0 aliphatic carbocycles. The lowest BCUT2D eigenvalue weighted by atomic mass is 9.98. The molecule has 0 saturated heterocycles. The van der Waals surface area contributed by atoms with Gasteiger partial charge in [0.1, 0.15) is 0 Å². The molecule has 0 unspecified atom stereocenters. The molecule has 0 amide bonds. The Bertz CT molecular complexity index is 365. The quantitative estimate of drug-likeness (QED) is 0.667. The summed E-state index contributed by atoms with van der Waals surface area (Å²) in [5, 5.41) is 0. The molecular weight excluding hydrogens is 184 g/mol. The van der Waals surface area contributed by atoms with Crippen LogP contribution in [0.3, 0.4) is 0 Å². The van der Waals surface area contributed by atoms with E-state index < -0.39 is 0 Å². The van der Waals surface area contributed by atoms with Crippen molar-refractivity contribution >= 4 is 18.6 Å². The lowest BCUT2D eigenvalue weighted by Gasteiger charge is -2.10. The second kappa shape index (κ2) is 5.44. The third kappa shape index (κ3) is 2.75. The molecule has 0 aliphatic heterocycles. The first-order valence-electron chi connectivity index (χ1n) is 5.30. The van der Waals surface area contributed by atoms with E-state index in [4.69, 9.17) is 0 Å². The maximum atomic E-state index is 4.24. The number of hydrogen-bond acceptors (Lipinski definition) is 2. The van der Waals surface area contributed by atoms with Crippen molar-refractivity contribution in [3.8, 4) is 0 Å². The summed E-state index contributed by atoms with van der Waals surface area (Å²) < 4.78 is 0. The van der Waals surface area contributed by atoms with E-state index in [0.29, 0.717) is 5.92 Å². The highest BCUT2D eigenvalue weighted by atomic mass is 14.7. The van der Waals surface area contributed by atoms with E-state index in [9.17, 15) is 0 Å². The van der Waals surface area contributed by atoms with Crippen molar-refractivity contribution in [1.82, 2.24) is 0 Å². The highest BCUT2D eigenvalue weighted by Crippen LogP contribution is 2.29. The van der Waals surface area contributed by atoms with E-state index in [1.54, 1.807) is 0 Å². The van der Waals surface area contributed by atoms with Crippen molar-refractivity contribution in [2.75, 3.05) is 6.54 Å². The van der Waals surface area contributed by atoms with Crippen molar-refractivity contribution in [3.63, 3.8) is 0 Å². The van der Waals surface area contributed by atoms with E-state index in [0.717, 1.165) is 17.8 Å². The van der Waals surface area contributed by atoms with Gasteiger partial charge in [-0.1, -0.05) is 32.0 Å². The molecule has 0 bridgehead atoms. The van der Waals surface area contributed by atoms with Crippen LogP contribution in [0.1, 0.15) is 37.8 Å². The van der Waals surface area contributed by atoms with E-state index in [-0.39, 0.29) is 0 Å². The van der Waals surface area contributed by atoms with Crippen LogP contribution in [0.5, 0.6) is 0 Å². The molecule has 2 heteroatoms. The average molecular weight is 202 g/mol. The molecule has 0 atom stereocenters. The molecular formula is C13H18N2. The third-order valence-corrected chi connectivity index (χ3v) is 2.29. The number of aliphatic imine (C=N–C) groups is 2. The van der Waals surface area contributed by atoms with Gasteiger partial charge in [-0.05, 0) is 25.1 Å². The number of para-hydroxylation sites is 1. The monoisotopic (exact) mass is 202 g/mol. The fourth-order valence-corrected chi connectivity index (χ4v) is 1.52. The molecule has 15 heavy (non-hydrogen) atoms. The summed E-state index contributed by atoms with van der Waals surface area (Å²) in [7, 11) is 0. The van der Waals surface area contributed by atoms with Gasteiger partial charge in [0.2, 0.25) is 0 Å². The SMILES string of the molecule is C=Nc1c(C=NCC)cccc1C(C)C. The zero-order chi connectivity index (χ0) is 11.3. The Kier molecular flexibility index (Phi) is 4.22. The molecule has 0 heterocycles. The van der Waals surface area contributed by atoms with Crippen LogP contribution in [0.4, 0.5) is 5.69 Å². The summed E-state index contributed by atoms with van der Waals surface area (Å²) in [5.41, 5.74) is 3.24. The summed E-state index contributed by atoms with van der Waals surface area (Å²) in [6.07, 6.45) is 1.87. The highest BCUT2D eigenvalue weighted by molar-refractivity contribution is 5.88. The van der Waals surface area contributed by atoms with Gasteiger partial charge in [0.05, 0.1) is 5.69 Å². The summed E-state index contributed by atoms with van der Waals surface area (Å²) >= 11 is 0. The van der Waals surface area contributed by atoms with Gasteiger partial charge in [-0.25, -0.2) is 0 Å². The fraction of sp³-hybridized carbons (Fsp3) is 0.385. The zero-order valence-corrected chi connectivity index (χ0v) is 9.70. The number of hydrogen-bond donors (Lipinski definition) is 0. The van der Waals surface area contributed by atoms with E-state index in [1.807, 2.05) is 25.3 Å². The minimum absolute atomic E-state index is 0.459. The standard InChI is InChI=1S/C13H18N2/c1-5-15-9-11-7-6-8-12(10(2)3)13(11)14-4/h6-10H,4-5H2,1-3H3. The molecule has 0 N–H and O–H groups in total. The van der Waals surface area contributed by atoms with Crippen LogP contribution in [0, 0.1) is 0 Å². The van der Waals surface area contributed by atoms with Crippen LogP contribution >= 0.6 is 0 Å². The number of benzene rings is 1. The van der Waals surface area contributed by atoms with Crippen molar-refractivity contribution in [2.45, 2.75) is 26.7 Å². The maximum absolute atomic E-state index is 4.24. The third-order valence-electron chi connectivity index (χ3n) is 2.29. The van der Waals surface area contributed by atoms with Gasteiger partial charge in [0.25, 0.3) is 0 Å². The second-order valence-corrected chi connectivity index (χ2v) is 3.73. The van der Waals surface area contributed by atoms with Gasteiger partial charge < -0.3 is 0 Å². The minimum atomic E-state index is 0.459. The van der Waals surface area contributed by atoms with E-state index >= 15 is 0 Å². The maximum Gasteiger partial charge on any atom is 0.0744 e. The first kappa shape index (κ1) is 11.6. The zero-order valence-electron chi connectivity index (χ0n) is 9.70. The molecule has 1 aromatic carbocycles. The van der Waals surface area contributed by atoms with E-state index in [2.05, 4.69) is 36.6 Å². The van der Waals surface area contributed by atoms with Crippen LogP contribution in [0.15, 0.2) is 28.2 Å². The molecule has 2 nitrogen and oxygen atoms in total. The van der Waals surface area contributed by atoms with Crippen LogP contribution in [0.2, 0.25) is 0 Å². The lowest BCUT2D eigenvalue weighted by molar-refractivity contribution is 0.867. The van der Waals surface area contributed by atoms with Crippen molar-refractivity contribution in [3.05, 3.63) is 29.3 Å². The first-order valence-corrected chi connectivity index (χ1v) is 5.30. The van der Waals surface area contributed by atoms with Crippen molar-refractivity contribution in [2.24, 2.45) is 9.98 Å². The predicted molar refractivity (Wildman–Crippen MR) is 67.9 cm³/mol. The summed E-state index contributed by atoms with van der Waals surface area (Å²) in [6.45, 7) is 10.8. The van der Waals surface area contributed by atoms with Crippen LogP contribution < -0.4 is 0 Å². The van der Waals surface area contributed by atoms with Gasteiger partial charge in [0.15, 0.2) is 0 Å². The molecule has 0 saturated carbocycles. The molecule has 0 fully saturated rings. The largest absolute Gasteiger partial charge is 0.293 e. The highest BCUT2D eigenvalue weighted by Gasteiger charge is 2.07. The van der Waals surface area contributed by atoms with Gasteiger partial charge in [-0.15, -0.1) is 0 Å². The Hall–Kier alpha value is -1.44. The first-order chi connectivity index (χ1) is 7.20. The Morgan fingerprint density at radius 3 is 2.67 bits per heavy atom. The van der Waals surface area contributed by atoms with Crippen LogP contribution in [-0.2, 0) is 0 Å². The predicted octanol–water partition coefficient (Wildman–Crippen LogP) is 3.58. The molecule has 1 aromatic rings. The molecule has 0 spiro atoms. The van der Waals surface area contributed by atoms with Gasteiger partial charge in [-0.2, -0.15) is 0 Å². The molecule has 0 radical (unpaired) electrons. The van der Waals surface area contributed by atoms with Crippen molar-refractivity contribution in [1.29, 1.82) is 0 Å². The van der Waals surface area contributed by atoms with Crippen molar-refractivity contribution < 1.29 is 0 Å². The Morgan fingerprint density at radius 2 is 2.13 bits per heavy atom. The van der Waals surface area contributed by atoms with Crippen LogP contribution in [-0.4, -0.2) is 19.5 Å². The number of rotatable bonds is 4. The Morgan fingerprint density at radius 1 is 1.40 bits per heavy atom. The van der Waals surface area contributed by atoms with Gasteiger partial charge in [-0.3, -0.25) is 9.98 Å². The smallest absolute Gasteiger partial charge is 0.0744 e. The molecule has 1 rings (SSSR count). The Labute approximate surface area is 91.8 Å². The molecule has 0 aromatic heterocycles. The normalized spacial score (nSPS) is 11.2. The second-order valence-electron chi connectivity index (χ2n) is 3.73. The van der Waals surface area contributed by atoms with Gasteiger partial charge in [0, 0.05) is 18.3 Å². The van der Waals surface area contributed by atoms with Gasteiger partial charge >= 0.3 is 0 Å². The van der Waals surface area contributed by atoms with Crippen LogP contribution in [0.25, 0.3) is 0 Å². The Balaban J connectivity index is 3.22. The fourth-order valence-electron chi connectivity index (χ4n) is 1.52. The number of nitrogens with zero attached hydrogens (tertiary/aromatic N) is 2. The summed E-state index contributed by atoms with van der Waals surface area (Å²) in [5.74, 6) is 0.459. The topological polar surface area (TPSA) is 24.7 Å². The van der Waals surface area contributed by atoms with E-state index in [1.165, 1.54) is 5.56 Å². The molecule has 80 valence electrons. The minimum Gasteiger partial charge on any atom is -0.293 e. The summed E-state index contributed by atoms with van der Waals surface area (Å²) in [6, 6.07) is 6.16.